The van der Waals surface area contributed by atoms with Crippen LogP contribution in [-0.2, 0) is 32.6 Å². The van der Waals surface area contributed by atoms with Crippen LogP contribution in [0.1, 0.15) is 43.2 Å². The highest BCUT2D eigenvalue weighted by atomic mass is 35.5. The molecule has 0 radical (unpaired) electrons. The van der Waals surface area contributed by atoms with Crippen LogP contribution in [-0.4, -0.2) is 50.9 Å². The first kappa shape index (κ1) is 34.9. The van der Waals surface area contributed by atoms with E-state index in [-0.39, 0.29) is 35.5 Å². The number of rotatable bonds is 13. The highest BCUT2D eigenvalue weighted by Crippen LogP contribution is 2.28. The largest absolute Gasteiger partial charge is 0.497 e. The second kappa shape index (κ2) is 16.1. The summed E-state index contributed by atoms with van der Waals surface area (Å²) in [5.41, 5.74) is 1.52. The van der Waals surface area contributed by atoms with Gasteiger partial charge in [0.25, 0.3) is 10.0 Å². The van der Waals surface area contributed by atoms with Gasteiger partial charge in [-0.15, -0.1) is 0 Å². The highest BCUT2D eigenvalue weighted by Gasteiger charge is 2.35. The van der Waals surface area contributed by atoms with Crippen LogP contribution in [0.5, 0.6) is 5.75 Å². The van der Waals surface area contributed by atoms with Crippen LogP contribution in [0.4, 0.5) is 10.1 Å². The third kappa shape index (κ3) is 8.73. The quantitative estimate of drug-likeness (QED) is 0.167. The van der Waals surface area contributed by atoms with Crippen molar-refractivity contribution in [3.05, 3.63) is 125 Å². The molecule has 1 saturated carbocycles. The maximum atomic E-state index is 14.6. The summed E-state index contributed by atoms with van der Waals surface area (Å²) in [5, 5.41) is 3.59. The van der Waals surface area contributed by atoms with Gasteiger partial charge in [-0.1, -0.05) is 79.4 Å². The number of ether oxygens (including phenoxy) is 1. The molecular weight excluding hydrogens is 653 g/mol. The normalized spacial score (nSPS) is 14.1. The molecule has 2 amide bonds. The lowest BCUT2D eigenvalue weighted by Crippen LogP contribution is -2.55. The van der Waals surface area contributed by atoms with Gasteiger partial charge in [0.05, 0.1) is 17.7 Å². The van der Waals surface area contributed by atoms with Crippen molar-refractivity contribution in [2.75, 3.05) is 18.0 Å². The average Bonchev–Trinajstić information content (AvgIpc) is 3.10. The van der Waals surface area contributed by atoms with Crippen molar-refractivity contribution in [1.29, 1.82) is 0 Å². The molecule has 4 aromatic carbocycles. The minimum atomic E-state index is -4.35. The van der Waals surface area contributed by atoms with Gasteiger partial charge in [0.1, 0.15) is 24.2 Å². The van der Waals surface area contributed by atoms with E-state index >= 15 is 0 Å². The molecule has 1 aliphatic carbocycles. The molecule has 1 N–H and O–H groups in total. The summed E-state index contributed by atoms with van der Waals surface area (Å²) in [4.78, 5) is 30.1. The van der Waals surface area contributed by atoms with Gasteiger partial charge in [-0.05, 0) is 78.6 Å². The molecule has 0 saturated heterocycles. The molecule has 0 aromatic heterocycles. The number of sulfonamides is 1. The topological polar surface area (TPSA) is 96.0 Å². The molecular formula is C37H39ClFN3O5S. The summed E-state index contributed by atoms with van der Waals surface area (Å²) in [5.74, 6) is -1.06. The zero-order valence-corrected chi connectivity index (χ0v) is 28.3. The number of methoxy groups -OCH3 is 1. The number of carbonyl (C=O) groups is 2. The molecule has 0 unspecified atom stereocenters. The number of halogens is 2. The Morgan fingerprint density at radius 2 is 1.54 bits per heavy atom. The molecule has 1 aliphatic rings. The minimum Gasteiger partial charge on any atom is -0.497 e. The Labute approximate surface area is 286 Å². The first-order valence-electron chi connectivity index (χ1n) is 16.0. The second-order valence-corrected chi connectivity index (χ2v) is 14.1. The standard InChI is InChI=1S/C37H39ClFN3O5S/c1-47-32-20-22-33(23-21-32)48(45,46)42(31-18-16-29(39)17-19-31)26-36(43)41(25-28-12-8-9-15-34(28)38)35(24-27-10-4-2-5-11-27)37(44)40-30-13-6-3-7-14-30/h2,4-5,8-12,15-23,30,35H,3,6-7,13-14,24-26H2,1H3,(H,40,44)/t35-/m0/s1. The van der Waals surface area contributed by atoms with Crippen molar-refractivity contribution in [3.63, 3.8) is 0 Å². The number of anilines is 1. The van der Waals surface area contributed by atoms with Crippen LogP contribution in [0.2, 0.25) is 5.02 Å². The van der Waals surface area contributed by atoms with E-state index in [1.807, 2.05) is 30.3 Å². The maximum absolute atomic E-state index is 14.6. The van der Waals surface area contributed by atoms with Gasteiger partial charge in [-0.3, -0.25) is 13.9 Å². The molecule has 0 bridgehead atoms. The van der Waals surface area contributed by atoms with E-state index in [0.29, 0.717) is 16.3 Å². The number of carbonyl (C=O) groups excluding carboxylic acids is 2. The molecule has 0 aliphatic heterocycles. The van der Waals surface area contributed by atoms with Gasteiger partial charge >= 0.3 is 0 Å². The van der Waals surface area contributed by atoms with Crippen LogP contribution in [0.3, 0.4) is 0 Å². The number of hydrogen-bond acceptors (Lipinski definition) is 5. The van der Waals surface area contributed by atoms with Gasteiger partial charge in [0.2, 0.25) is 11.8 Å². The predicted octanol–water partition coefficient (Wildman–Crippen LogP) is 6.77. The SMILES string of the molecule is COc1ccc(S(=O)(=O)N(CC(=O)N(Cc2ccccc2Cl)[C@@H](Cc2ccccc2)C(=O)NC2CCCCC2)c2ccc(F)cc2)cc1. The van der Waals surface area contributed by atoms with E-state index in [4.69, 9.17) is 16.3 Å². The molecule has 1 atom stereocenters. The van der Waals surface area contributed by atoms with Crippen LogP contribution in [0, 0.1) is 5.82 Å². The zero-order chi connectivity index (χ0) is 34.1. The van der Waals surface area contributed by atoms with Gasteiger partial charge < -0.3 is 15.0 Å². The van der Waals surface area contributed by atoms with E-state index in [9.17, 15) is 22.4 Å². The predicted molar refractivity (Wildman–Crippen MR) is 185 cm³/mol. The Balaban J connectivity index is 1.56. The van der Waals surface area contributed by atoms with E-state index in [0.717, 1.165) is 54.1 Å². The summed E-state index contributed by atoms with van der Waals surface area (Å²) < 4.78 is 48.5. The minimum absolute atomic E-state index is 0.0204. The van der Waals surface area contributed by atoms with E-state index in [2.05, 4.69) is 5.32 Å². The van der Waals surface area contributed by atoms with Crippen LogP contribution >= 0.6 is 11.6 Å². The Morgan fingerprint density at radius 1 is 0.896 bits per heavy atom. The monoisotopic (exact) mass is 691 g/mol. The number of amides is 2. The maximum Gasteiger partial charge on any atom is 0.264 e. The summed E-state index contributed by atoms with van der Waals surface area (Å²) >= 11 is 6.58. The van der Waals surface area contributed by atoms with Crippen molar-refractivity contribution in [2.24, 2.45) is 0 Å². The molecule has 0 spiro atoms. The van der Waals surface area contributed by atoms with Crippen LogP contribution in [0.25, 0.3) is 0 Å². The fraction of sp³-hybridized carbons (Fsp3) is 0.297. The van der Waals surface area contributed by atoms with E-state index < -0.39 is 34.3 Å². The summed E-state index contributed by atoms with van der Waals surface area (Å²) in [6.07, 6.45) is 5.01. The first-order valence-corrected chi connectivity index (χ1v) is 17.8. The lowest BCUT2D eigenvalue weighted by molar-refractivity contribution is -0.140. The van der Waals surface area contributed by atoms with Gasteiger partial charge in [-0.25, -0.2) is 12.8 Å². The number of nitrogens with one attached hydrogen (secondary N) is 1. The van der Waals surface area contributed by atoms with Crippen molar-refractivity contribution in [3.8, 4) is 5.75 Å². The Kier molecular flexibility index (Phi) is 11.7. The summed E-state index contributed by atoms with van der Waals surface area (Å²) in [7, 11) is -2.88. The average molecular weight is 692 g/mol. The summed E-state index contributed by atoms with van der Waals surface area (Å²) in [6, 6.07) is 26.0. The smallest absolute Gasteiger partial charge is 0.264 e. The van der Waals surface area contributed by atoms with Crippen molar-refractivity contribution >= 4 is 39.1 Å². The van der Waals surface area contributed by atoms with Gasteiger partial charge in [0.15, 0.2) is 0 Å². The molecule has 1 fully saturated rings. The zero-order valence-electron chi connectivity index (χ0n) is 26.7. The van der Waals surface area contributed by atoms with E-state index in [1.54, 1.807) is 24.3 Å². The fourth-order valence-electron chi connectivity index (χ4n) is 5.92. The molecule has 8 nitrogen and oxygen atoms in total. The lowest BCUT2D eigenvalue weighted by Gasteiger charge is -2.35. The van der Waals surface area contributed by atoms with E-state index in [1.165, 1.54) is 48.4 Å². The van der Waals surface area contributed by atoms with Gasteiger partial charge in [-0.2, -0.15) is 0 Å². The Hall–Kier alpha value is -4.41. The Bertz CT molecular complexity index is 1780. The Morgan fingerprint density at radius 3 is 2.19 bits per heavy atom. The highest BCUT2D eigenvalue weighted by molar-refractivity contribution is 7.92. The molecule has 4 aromatic rings. The van der Waals surface area contributed by atoms with Crippen LogP contribution < -0.4 is 14.4 Å². The lowest BCUT2D eigenvalue weighted by atomic mass is 9.94. The third-order valence-corrected chi connectivity index (χ3v) is 10.7. The van der Waals surface area contributed by atoms with Crippen LogP contribution in [0.15, 0.2) is 108 Å². The molecule has 5 rings (SSSR count). The summed E-state index contributed by atoms with van der Waals surface area (Å²) in [6.45, 7) is -0.708. The van der Waals surface area contributed by atoms with Gasteiger partial charge in [0, 0.05) is 24.0 Å². The number of benzene rings is 4. The van der Waals surface area contributed by atoms with Crippen molar-refractivity contribution in [2.45, 2.75) is 62.0 Å². The number of nitrogens with zero attached hydrogens (tertiary/aromatic N) is 2. The molecule has 252 valence electrons. The molecule has 0 heterocycles. The first-order chi connectivity index (χ1) is 23.2. The van der Waals surface area contributed by atoms with Crippen molar-refractivity contribution < 1.29 is 27.1 Å². The number of hydrogen-bond donors (Lipinski definition) is 1. The molecule has 48 heavy (non-hydrogen) atoms. The van der Waals surface area contributed by atoms with Crippen molar-refractivity contribution in [1.82, 2.24) is 10.2 Å². The molecule has 11 heteroatoms. The third-order valence-electron chi connectivity index (χ3n) is 8.56. The fourth-order valence-corrected chi connectivity index (χ4v) is 7.53. The second-order valence-electron chi connectivity index (χ2n) is 11.8.